The molecule has 0 bridgehead atoms. The number of benzene rings is 1. The average molecular weight is 253 g/mol. The number of nitrogens with zero attached hydrogens (tertiary/aromatic N) is 1. The van der Waals surface area contributed by atoms with Crippen LogP contribution in [0.5, 0.6) is 0 Å². The average Bonchev–Trinajstić information content (AvgIpc) is 2.78. The molecule has 0 saturated carbocycles. The van der Waals surface area contributed by atoms with Crippen LogP contribution in [0, 0.1) is 0 Å². The molecule has 2 aromatic rings. The topological polar surface area (TPSA) is 12.9 Å². The van der Waals surface area contributed by atoms with Crippen molar-refractivity contribution >= 4 is 11.3 Å². The monoisotopic (exact) mass is 253 g/mol. The molecule has 1 heterocycles. The fraction of sp³-hybridized carbons (Fsp3) is 0.308. The molecule has 0 atom stereocenters. The Morgan fingerprint density at radius 2 is 1.76 bits per heavy atom. The van der Waals surface area contributed by atoms with Crippen molar-refractivity contribution in [3.8, 4) is 10.4 Å². The van der Waals surface area contributed by atoms with Crippen LogP contribution in [0.4, 0.5) is 8.78 Å². The number of thiazole rings is 1. The SMILES string of the molecule is CC(C)c1ccc(-c2cnc(C(F)F)s2)cc1. The standard InChI is InChI=1S/C13H13F2NS/c1-8(2)9-3-5-10(6-4-9)11-7-16-13(17-11)12(14)15/h3-8,12H,1-2H3. The van der Waals surface area contributed by atoms with E-state index >= 15 is 0 Å². The van der Waals surface area contributed by atoms with E-state index in [1.807, 2.05) is 24.3 Å². The maximum atomic E-state index is 12.4. The molecule has 0 N–H and O–H groups in total. The highest BCUT2D eigenvalue weighted by atomic mass is 32.1. The van der Waals surface area contributed by atoms with E-state index in [9.17, 15) is 8.78 Å². The Balaban J connectivity index is 2.27. The molecule has 0 aliphatic carbocycles. The first-order valence-electron chi connectivity index (χ1n) is 5.42. The van der Waals surface area contributed by atoms with Gasteiger partial charge in [0.1, 0.15) is 0 Å². The van der Waals surface area contributed by atoms with Crippen LogP contribution >= 0.6 is 11.3 Å². The minimum absolute atomic E-state index is 0.118. The van der Waals surface area contributed by atoms with Crippen LogP contribution < -0.4 is 0 Å². The quantitative estimate of drug-likeness (QED) is 0.760. The molecule has 0 radical (unpaired) electrons. The van der Waals surface area contributed by atoms with Gasteiger partial charge in [0.2, 0.25) is 0 Å². The molecule has 0 spiro atoms. The number of rotatable bonds is 3. The molecule has 4 heteroatoms. The predicted molar refractivity (Wildman–Crippen MR) is 66.6 cm³/mol. The summed E-state index contributed by atoms with van der Waals surface area (Å²) in [6, 6.07) is 7.97. The lowest BCUT2D eigenvalue weighted by atomic mass is 10.0. The second-order valence-electron chi connectivity index (χ2n) is 4.14. The Morgan fingerprint density at radius 1 is 1.12 bits per heavy atom. The van der Waals surface area contributed by atoms with Gasteiger partial charge >= 0.3 is 0 Å². The van der Waals surface area contributed by atoms with E-state index in [4.69, 9.17) is 0 Å². The summed E-state index contributed by atoms with van der Waals surface area (Å²) in [7, 11) is 0. The van der Waals surface area contributed by atoms with Gasteiger partial charge in [0.25, 0.3) is 6.43 Å². The van der Waals surface area contributed by atoms with Crippen LogP contribution in [0.15, 0.2) is 30.5 Å². The zero-order chi connectivity index (χ0) is 12.4. The third kappa shape index (κ3) is 2.69. The van der Waals surface area contributed by atoms with Crippen LogP contribution in [0.25, 0.3) is 10.4 Å². The summed E-state index contributed by atoms with van der Waals surface area (Å²) in [5, 5.41) is -0.118. The highest BCUT2D eigenvalue weighted by molar-refractivity contribution is 7.15. The van der Waals surface area contributed by atoms with Crippen molar-refractivity contribution in [2.45, 2.75) is 26.2 Å². The van der Waals surface area contributed by atoms with Gasteiger partial charge in [0, 0.05) is 6.20 Å². The predicted octanol–water partition coefficient (Wildman–Crippen LogP) is 4.87. The number of hydrogen-bond acceptors (Lipinski definition) is 2. The molecule has 2 rings (SSSR count). The highest BCUT2D eigenvalue weighted by Crippen LogP contribution is 2.31. The second kappa shape index (κ2) is 4.92. The lowest BCUT2D eigenvalue weighted by Gasteiger charge is -2.05. The van der Waals surface area contributed by atoms with Gasteiger partial charge in [-0.15, -0.1) is 11.3 Å². The van der Waals surface area contributed by atoms with Gasteiger partial charge in [-0.25, -0.2) is 13.8 Å². The minimum atomic E-state index is -2.48. The van der Waals surface area contributed by atoms with Crippen LogP contribution in [0.3, 0.4) is 0 Å². The van der Waals surface area contributed by atoms with Crippen LogP contribution in [-0.4, -0.2) is 4.98 Å². The number of aromatic nitrogens is 1. The zero-order valence-corrected chi connectivity index (χ0v) is 10.5. The third-order valence-electron chi connectivity index (χ3n) is 2.57. The maximum Gasteiger partial charge on any atom is 0.289 e. The summed E-state index contributed by atoms with van der Waals surface area (Å²) in [4.78, 5) is 4.51. The first kappa shape index (κ1) is 12.2. The molecule has 0 aliphatic rings. The normalized spacial score (nSPS) is 11.4. The van der Waals surface area contributed by atoms with E-state index in [1.165, 1.54) is 11.8 Å². The van der Waals surface area contributed by atoms with E-state index < -0.39 is 6.43 Å². The molecule has 1 aromatic carbocycles. The molecule has 0 aliphatic heterocycles. The zero-order valence-electron chi connectivity index (χ0n) is 9.65. The lowest BCUT2D eigenvalue weighted by Crippen LogP contribution is -1.85. The molecule has 0 unspecified atom stereocenters. The van der Waals surface area contributed by atoms with Crippen LogP contribution in [-0.2, 0) is 0 Å². The maximum absolute atomic E-state index is 12.4. The Morgan fingerprint density at radius 3 is 2.24 bits per heavy atom. The largest absolute Gasteiger partial charge is 0.289 e. The van der Waals surface area contributed by atoms with Crippen molar-refractivity contribution in [3.05, 3.63) is 41.0 Å². The van der Waals surface area contributed by atoms with Gasteiger partial charge in [-0.1, -0.05) is 38.1 Å². The van der Waals surface area contributed by atoms with Gasteiger partial charge in [-0.3, -0.25) is 0 Å². The smallest absolute Gasteiger partial charge is 0.243 e. The Kier molecular flexibility index (Phi) is 3.52. The van der Waals surface area contributed by atoms with E-state index in [2.05, 4.69) is 18.8 Å². The first-order chi connectivity index (χ1) is 8.08. The van der Waals surface area contributed by atoms with Crippen molar-refractivity contribution < 1.29 is 8.78 Å². The summed E-state index contributed by atoms with van der Waals surface area (Å²) in [6.07, 6.45) is -0.972. The first-order valence-corrected chi connectivity index (χ1v) is 6.24. The fourth-order valence-corrected chi connectivity index (χ4v) is 2.33. The van der Waals surface area contributed by atoms with E-state index in [1.54, 1.807) is 0 Å². The number of halogens is 2. The van der Waals surface area contributed by atoms with Gasteiger partial charge in [0.15, 0.2) is 5.01 Å². The summed E-state index contributed by atoms with van der Waals surface area (Å²) >= 11 is 1.05. The van der Waals surface area contributed by atoms with E-state index in [0.29, 0.717) is 5.92 Å². The van der Waals surface area contributed by atoms with Gasteiger partial charge < -0.3 is 0 Å². The molecule has 0 saturated heterocycles. The third-order valence-corrected chi connectivity index (χ3v) is 3.63. The summed E-state index contributed by atoms with van der Waals surface area (Å²) < 4.78 is 24.8. The molecular formula is C13H13F2NS. The molecule has 0 amide bonds. The fourth-order valence-electron chi connectivity index (χ4n) is 1.55. The minimum Gasteiger partial charge on any atom is -0.243 e. The second-order valence-corrected chi connectivity index (χ2v) is 5.20. The summed E-state index contributed by atoms with van der Waals surface area (Å²) in [5.41, 5.74) is 2.19. The van der Waals surface area contributed by atoms with Crippen LogP contribution in [0.2, 0.25) is 0 Å². The van der Waals surface area contributed by atoms with Crippen molar-refractivity contribution in [2.24, 2.45) is 0 Å². The Labute approximate surface area is 103 Å². The molecule has 1 nitrogen and oxygen atoms in total. The van der Waals surface area contributed by atoms with E-state index in [-0.39, 0.29) is 5.01 Å². The molecule has 17 heavy (non-hydrogen) atoms. The Bertz CT molecular complexity index is 488. The lowest BCUT2D eigenvalue weighted by molar-refractivity contribution is 0.151. The van der Waals surface area contributed by atoms with E-state index in [0.717, 1.165) is 21.8 Å². The van der Waals surface area contributed by atoms with Crippen molar-refractivity contribution in [1.82, 2.24) is 4.98 Å². The van der Waals surface area contributed by atoms with Crippen LogP contribution in [0.1, 0.15) is 36.8 Å². The molecule has 0 fully saturated rings. The van der Waals surface area contributed by atoms with Gasteiger partial charge in [-0.05, 0) is 17.0 Å². The number of alkyl halides is 2. The van der Waals surface area contributed by atoms with Gasteiger partial charge in [-0.2, -0.15) is 0 Å². The van der Waals surface area contributed by atoms with Gasteiger partial charge in [0.05, 0.1) is 4.88 Å². The molecule has 90 valence electrons. The summed E-state index contributed by atoms with van der Waals surface area (Å²) in [6.45, 7) is 4.24. The van der Waals surface area contributed by atoms with Crippen molar-refractivity contribution in [3.63, 3.8) is 0 Å². The molecule has 1 aromatic heterocycles. The highest BCUT2D eigenvalue weighted by Gasteiger charge is 2.13. The van der Waals surface area contributed by atoms with Crippen molar-refractivity contribution in [2.75, 3.05) is 0 Å². The summed E-state index contributed by atoms with van der Waals surface area (Å²) in [5.74, 6) is 0.474. The number of hydrogen-bond donors (Lipinski definition) is 0. The van der Waals surface area contributed by atoms with Crippen molar-refractivity contribution in [1.29, 1.82) is 0 Å². The molecular weight excluding hydrogens is 240 g/mol. The Hall–Kier alpha value is -1.29.